The third-order valence-electron chi connectivity index (χ3n) is 3.32. The number of benzene rings is 1. The first kappa shape index (κ1) is 17.6. The highest BCUT2D eigenvalue weighted by atomic mass is 16.4. The van der Waals surface area contributed by atoms with Gasteiger partial charge >= 0.3 is 11.9 Å². The van der Waals surface area contributed by atoms with Gasteiger partial charge in [0.2, 0.25) is 5.91 Å². The largest absolute Gasteiger partial charge is 0.480 e. The molecule has 1 amide bonds. The summed E-state index contributed by atoms with van der Waals surface area (Å²) in [5.41, 5.74) is 8.51. The van der Waals surface area contributed by atoms with Gasteiger partial charge in [-0.3, -0.25) is 19.3 Å². The topological polar surface area (TPSA) is 121 Å². The third-order valence-corrected chi connectivity index (χ3v) is 3.32. The maximum Gasteiger partial charge on any atom is 0.317 e. The smallest absolute Gasteiger partial charge is 0.317 e. The first-order valence-electron chi connectivity index (χ1n) is 6.68. The zero-order valence-corrected chi connectivity index (χ0v) is 12.8. The Labute approximate surface area is 128 Å². The number of aryl methyl sites for hydroxylation is 3. The van der Waals surface area contributed by atoms with Gasteiger partial charge in [-0.1, -0.05) is 17.7 Å². The number of amides is 1. The fourth-order valence-corrected chi connectivity index (χ4v) is 2.71. The van der Waals surface area contributed by atoms with Gasteiger partial charge in [0, 0.05) is 0 Å². The molecule has 0 saturated heterocycles. The van der Waals surface area contributed by atoms with E-state index in [0.29, 0.717) is 5.56 Å². The standard InChI is InChI=1S/C15H20N2O5/c1-8-4-9(2)13(10(3)5-8)14(15(16)22)17(6-11(18)19)7-12(20)21/h4-5,14H,6-7H2,1-3H3,(H2,16,22)(H,18,19)(H,20,21)/t14-/m0/s1. The van der Waals surface area contributed by atoms with Crippen LogP contribution in [0, 0.1) is 20.8 Å². The molecule has 0 aliphatic carbocycles. The van der Waals surface area contributed by atoms with Crippen molar-refractivity contribution in [2.75, 3.05) is 13.1 Å². The van der Waals surface area contributed by atoms with Crippen LogP contribution in [0.5, 0.6) is 0 Å². The summed E-state index contributed by atoms with van der Waals surface area (Å²) in [5, 5.41) is 17.9. The molecule has 22 heavy (non-hydrogen) atoms. The minimum Gasteiger partial charge on any atom is -0.480 e. The molecule has 120 valence electrons. The Morgan fingerprint density at radius 1 is 1.05 bits per heavy atom. The molecular formula is C15H20N2O5. The van der Waals surface area contributed by atoms with Crippen molar-refractivity contribution in [3.63, 3.8) is 0 Å². The molecule has 1 rings (SSSR count). The molecule has 4 N–H and O–H groups in total. The van der Waals surface area contributed by atoms with Crippen molar-refractivity contribution in [1.29, 1.82) is 0 Å². The molecular weight excluding hydrogens is 288 g/mol. The van der Waals surface area contributed by atoms with Gasteiger partial charge in [-0.2, -0.15) is 0 Å². The Balaban J connectivity index is 3.40. The molecule has 0 radical (unpaired) electrons. The van der Waals surface area contributed by atoms with Crippen molar-refractivity contribution in [1.82, 2.24) is 4.90 Å². The van der Waals surface area contributed by atoms with Crippen molar-refractivity contribution < 1.29 is 24.6 Å². The van der Waals surface area contributed by atoms with Crippen LogP contribution in [0.4, 0.5) is 0 Å². The summed E-state index contributed by atoms with van der Waals surface area (Å²) in [6.07, 6.45) is 0. The Kier molecular flexibility index (Phi) is 5.64. The number of aliphatic carboxylic acids is 2. The lowest BCUT2D eigenvalue weighted by Crippen LogP contribution is -2.43. The fraction of sp³-hybridized carbons (Fsp3) is 0.400. The van der Waals surface area contributed by atoms with Crippen molar-refractivity contribution in [2.24, 2.45) is 5.73 Å². The van der Waals surface area contributed by atoms with E-state index in [2.05, 4.69) is 0 Å². The molecule has 0 bridgehead atoms. The van der Waals surface area contributed by atoms with E-state index in [1.807, 2.05) is 19.1 Å². The summed E-state index contributed by atoms with van der Waals surface area (Å²) >= 11 is 0. The minimum atomic E-state index is -1.23. The number of primary amides is 1. The summed E-state index contributed by atoms with van der Waals surface area (Å²) in [7, 11) is 0. The average Bonchev–Trinajstić information content (AvgIpc) is 2.30. The molecule has 0 fully saturated rings. The summed E-state index contributed by atoms with van der Waals surface area (Å²) in [6, 6.07) is 2.59. The molecule has 1 aromatic carbocycles. The third kappa shape index (κ3) is 4.29. The Morgan fingerprint density at radius 2 is 1.45 bits per heavy atom. The van der Waals surface area contributed by atoms with Gasteiger partial charge in [0.05, 0.1) is 13.1 Å². The minimum absolute atomic E-state index is 0.556. The highest BCUT2D eigenvalue weighted by Gasteiger charge is 2.31. The Morgan fingerprint density at radius 3 is 1.77 bits per heavy atom. The molecule has 0 heterocycles. The molecule has 0 unspecified atom stereocenters. The van der Waals surface area contributed by atoms with Gasteiger partial charge in [0.15, 0.2) is 0 Å². The average molecular weight is 308 g/mol. The quantitative estimate of drug-likeness (QED) is 0.678. The highest BCUT2D eigenvalue weighted by Crippen LogP contribution is 2.28. The van der Waals surface area contributed by atoms with E-state index in [-0.39, 0.29) is 0 Å². The van der Waals surface area contributed by atoms with Gasteiger partial charge in [0.25, 0.3) is 0 Å². The molecule has 0 spiro atoms. The number of nitrogens with two attached hydrogens (primary N) is 1. The van der Waals surface area contributed by atoms with E-state index in [9.17, 15) is 14.4 Å². The van der Waals surface area contributed by atoms with Crippen LogP contribution in [0.15, 0.2) is 12.1 Å². The van der Waals surface area contributed by atoms with Crippen molar-refractivity contribution in [2.45, 2.75) is 26.8 Å². The van der Waals surface area contributed by atoms with Gasteiger partial charge in [-0.25, -0.2) is 0 Å². The molecule has 7 nitrogen and oxygen atoms in total. The van der Waals surface area contributed by atoms with Crippen LogP contribution in [0.1, 0.15) is 28.3 Å². The molecule has 0 aliphatic heterocycles. The second-order valence-corrected chi connectivity index (χ2v) is 5.31. The summed E-state index contributed by atoms with van der Waals surface area (Å²) in [4.78, 5) is 34.9. The molecule has 1 atom stereocenters. The first-order chi connectivity index (χ1) is 10.1. The maximum atomic E-state index is 11.9. The van der Waals surface area contributed by atoms with Gasteiger partial charge in [0.1, 0.15) is 6.04 Å². The van der Waals surface area contributed by atoms with Gasteiger partial charge < -0.3 is 15.9 Å². The number of rotatable bonds is 7. The van der Waals surface area contributed by atoms with Crippen LogP contribution in [0.3, 0.4) is 0 Å². The zero-order valence-electron chi connectivity index (χ0n) is 12.8. The Bertz CT molecular complexity index is 573. The van der Waals surface area contributed by atoms with Crippen LogP contribution in [0.2, 0.25) is 0 Å². The van der Waals surface area contributed by atoms with E-state index in [0.717, 1.165) is 21.6 Å². The maximum absolute atomic E-state index is 11.9. The van der Waals surface area contributed by atoms with Crippen molar-refractivity contribution >= 4 is 17.8 Å². The SMILES string of the molecule is Cc1cc(C)c([C@@H](C(N)=O)N(CC(=O)O)CC(=O)O)c(C)c1. The van der Waals surface area contributed by atoms with E-state index in [1.54, 1.807) is 13.8 Å². The lowest BCUT2D eigenvalue weighted by Gasteiger charge is -2.29. The molecule has 1 aromatic rings. The summed E-state index contributed by atoms with van der Waals surface area (Å²) in [5.74, 6) is -3.23. The van der Waals surface area contributed by atoms with Crippen LogP contribution in [0.25, 0.3) is 0 Å². The Hall–Kier alpha value is -2.41. The second-order valence-electron chi connectivity index (χ2n) is 5.31. The van der Waals surface area contributed by atoms with Crippen molar-refractivity contribution in [3.8, 4) is 0 Å². The summed E-state index contributed by atoms with van der Waals surface area (Å²) in [6.45, 7) is 4.28. The second kappa shape index (κ2) is 7.04. The molecule has 7 heteroatoms. The highest BCUT2D eigenvalue weighted by molar-refractivity contribution is 5.84. The zero-order chi connectivity index (χ0) is 17.0. The van der Waals surface area contributed by atoms with E-state index in [1.165, 1.54) is 0 Å². The summed E-state index contributed by atoms with van der Waals surface area (Å²) < 4.78 is 0. The predicted molar refractivity (Wildman–Crippen MR) is 79.4 cm³/mol. The molecule has 0 aromatic heterocycles. The van der Waals surface area contributed by atoms with E-state index in [4.69, 9.17) is 15.9 Å². The number of carbonyl (C=O) groups excluding carboxylic acids is 1. The van der Waals surface area contributed by atoms with Crippen molar-refractivity contribution in [3.05, 3.63) is 34.4 Å². The monoisotopic (exact) mass is 308 g/mol. The number of hydrogen-bond acceptors (Lipinski definition) is 4. The fourth-order valence-electron chi connectivity index (χ4n) is 2.71. The van der Waals surface area contributed by atoms with Crippen LogP contribution in [-0.2, 0) is 14.4 Å². The number of nitrogens with zero attached hydrogens (tertiary/aromatic N) is 1. The van der Waals surface area contributed by atoms with E-state index < -0.39 is 37.0 Å². The molecule has 0 saturated carbocycles. The first-order valence-corrected chi connectivity index (χ1v) is 6.68. The van der Waals surface area contributed by atoms with Crippen LogP contribution in [-0.4, -0.2) is 46.0 Å². The lowest BCUT2D eigenvalue weighted by molar-refractivity contribution is -0.144. The van der Waals surface area contributed by atoms with Gasteiger partial charge in [-0.05, 0) is 37.5 Å². The van der Waals surface area contributed by atoms with Gasteiger partial charge in [-0.15, -0.1) is 0 Å². The normalized spacial score (nSPS) is 12.2. The van der Waals surface area contributed by atoms with Crippen LogP contribution < -0.4 is 5.73 Å². The lowest BCUT2D eigenvalue weighted by atomic mass is 9.92. The number of carboxylic acids is 2. The molecule has 0 aliphatic rings. The number of carbonyl (C=O) groups is 3. The predicted octanol–water partition coefficient (Wildman–Crippen LogP) is 0.609. The number of carboxylic acid groups (broad SMARTS) is 2. The van der Waals surface area contributed by atoms with Crippen LogP contribution >= 0.6 is 0 Å². The van der Waals surface area contributed by atoms with E-state index >= 15 is 0 Å². The number of hydrogen-bond donors (Lipinski definition) is 3.